The van der Waals surface area contributed by atoms with Crippen LogP contribution in [0.15, 0.2) is 60.8 Å². The second kappa shape index (κ2) is 10.8. The van der Waals surface area contributed by atoms with Crippen LogP contribution in [0.5, 0.6) is 0 Å². The van der Waals surface area contributed by atoms with E-state index in [1.807, 2.05) is 44.2 Å². The molecule has 1 aromatic heterocycles. The third-order valence-corrected chi connectivity index (χ3v) is 5.57. The van der Waals surface area contributed by atoms with Crippen molar-refractivity contribution >= 4 is 17.4 Å². The Balaban J connectivity index is 1.72. The molecule has 0 spiro atoms. The molecule has 5 heteroatoms. The highest BCUT2D eigenvalue weighted by Gasteiger charge is 2.17. The van der Waals surface area contributed by atoms with Gasteiger partial charge in [-0.05, 0) is 54.7 Å². The highest BCUT2D eigenvalue weighted by Crippen LogP contribution is 2.28. The Morgan fingerprint density at radius 1 is 1.00 bits per heavy atom. The third kappa shape index (κ3) is 5.47. The highest BCUT2D eigenvalue weighted by atomic mass is 19.1. The fourth-order valence-corrected chi connectivity index (χ4v) is 3.72. The van der Waals surface area contributed by atoms with Crippen molar-refractivity contribution in [2.45, 2.75) is 46.5 Å². The average Bonchev–Trinajstić information content (AvgIpc) is 2.81. The zero-order valence-corrected chi connectivity index (χ0v) is 18.9. The van der Waals surface area contributed by atoms with Gasteiger partial charge in [-0.2, -0.15) is 0 Å². The highest BCUT2D eigenvalue weighted by molar-refractivity contribution is 5.96. The van der Waals surface area contributed by atoms with E-state index in [2.05, 4.69) is 4.98 Å². The van der Waals surface area contributed by atoms with E-state index >= 15 is 0 Å². The van der Waals surface area contributed by atoms with Crippen molar-refractivity contribution in [2.75, 3.05) is 11.4 Å². The molecule has 4 nitrogen and oxygen atoms in total. The molecule has 32 heavy (non-hydrogen) atoms. The SMILES string of the molecule is CCCN(C(=O)CC)c1ccc(-c2ccc(C(=O)CCc3cccnc3C)cc2)cc1F. The minimum Gasteiger partial charge on any atom is -0.310 e. The van der Waals surface area contributed by atoms with Gasteiger partial charge in [0.15, 0.2) is 5.78 Å². The lowest BCUT2D eigenvalue weighted by atomic mass is 9.99. The molecule has 0 radical (unpaired) electrons. The van der Waals surface area contributed by atoms with Crippen molar-refractivity contribution in [3.05, 3.63) is 83.4 Å². The Morgan fingerprint density at radius 2 is 1.72 bits per heavy atom. The largest absolute Gasteiger partial charge is 0.310 e. The molecule has 0 aliphatic heterocycles. The van der Waals surface area contributed by atoms with Gasteiger partial charge in [-0.3, -0.25) is 14.6 Å². The standard InChI is InChI=1S/C27H29FN2O2/c1-4-17-30(27(32)5-2)25-14-12-23(18-24(25)28)21-8-10-22(11-9-21)26(31)15-13-20-7-6-16-29-19(20)3/h6-12,14,16,18H,4-5,13,15,17H2,1-3H3. The normalized spacial score (nSPS) is 10.8. The number of Topliss-reactive ketones (excluding diaryl/α,β-unsaturated/α-hetero) is 1. The van der Waals surface area contributed by atoms with Gasteiger partial charge in [0.2, 0.25) is 5.91 Å². The summed E-state index contributed by atoms with van der Waals surface area (Å²) in [7, 11) is 0. The van der Waals surface area contributed by atoms with Crippen LogP contribution in [0.3, 0.4) is 0 Å². The van der Waals surface area contributed by atoms with Crippen LogP contribution in [0.25, 0.3) is 11.1 Å². The molecule has 0 atom stereocenters. The number of nitrogens with zero attached hydrogens (tertiary/aromatic N) is 2. The van der Waals surface area contributed by atoms with Gasteiger partial charge in [0.1, 0.15) is 5.82 Å². The van der Waals surface area contributed by atoms with E-state index in [-0.39, 0.29) is 11.7 Å². The van der Waals surface area contributed by atoms with Gasteiger partial charge in [0, 0.05) is 36.8 Å². The number of rotatable bonds is 9. The summed E-state index contributed by atoms with van der Waals surface area (Å²) in [6, 6.07) is 16.0. The molecule has 0 unspecified atom stereocenters. The molecule has 2 aromatic carbocycles. The average molecular weight is 433 g/mol. The predicted octanol–water partition coefficient (Wildman–Crippen LogP) is 6.16. The number of aromatic nitrogens is 1. The van der Waals surface area contributed by atoms with E-state index < -0.39 is 5.82 Å². The maximum Gasteiger partial charge on any atom is 0.226 e. The molecule has 0 aliphatic rings. The first-order chi connectivity index (χ1) is 15.4. The first kappa shape index (κ1) is 23.3. The molecule has 166 valence electrons. The summed E-state index contributed by atoms with van der Waals surface area (Å²) in [5.74, 6) is -0.456. The van der Waals surface area contributed by atoms with Crippen LogP contribution in [0.2, 0.25) is 0 Å². The summed E-state index contributed by atoms with van der Waals surface area (Å²) in [6.45, 7) is 6.16. The zero-order chi connectivity index (χ0) is 23.1. The van der Waals surface area contributed by atoms with Gasteiger partial charge in [-0.1, -0.05) is 50.2 Å². The molecule has 0 N–H and O–H groups in total. The summed E-state index contributed by atoms with van der Waals surface area (Å²) in [6.07, 6.45) is 3.89. The van der Waals surface area contributed by atoms with Crippen molar-refractivity contribution in [3.63, 3.8) is 0 Å². The number of aryl methyl sites for hydroxylation is 2. The van der Waals surface area contributed by atoms with Crippen molar-refractivity contribution in [3.8, 4) is 11.1 Å². The number of anilines is 1. The van der Waals surface area contributed by atoms with Crippen LogP contribution in [0, 0.1) is 12.7 Å². The third-order valence-electron chi connectivity index (χ3n) is 5.57. The molecule has 1 amide bonds. The second-order valence-corrected chi connectivity index (χ2v) is 7.81. The summed E-state index contributed by atoms with van der Waals surface area (Å²) in [5, 5.41) is 0. The summed E-state index contributed by atoms with van der Waals surface area (Å²) in [4.78, 5) is 30.5. The molecular formula is C27H29FN2O2. The Bertz CT molecular complexity index is 1090. The molecule has 3 aromatic rings. The van der Waals surface area contributed by atoms with E-state index in [1.54, 1.807) is 31.3 Å². The van der Waals surface area contributed by atoms with E-state index in [4.69, 9.17) is 0 Å². The van der Waals surface area contributed by atoms with Crippen LogP contribution in [-0.4, -0.2) is 23.2 Å². The zero-order valence-electron chi connectivity index (χ0n) is 18.9. The van der Waals surface area contributed by atoms with Gasteiger partial charge in [0.25, 0.3) is 0 Å². The Kier molecular flexibility index (Phi) is 7.87. The van der Waals surface area contributed by atoms with E-state index in [0.29, 0.717) is 42.6 Å². The number of carbonyl (C=O) groups is 2. The van der Waals surface area contributed by atoms with Gasteiger partial charge in [-0.25, -0.2) is 4.39 Å². The fourth-order valence-electron chi connectivity index (χ4n) is 3.72. The molecule has 0 saturated heterocycles. The molecular weight excluding hydrogens is 403 g/mol. The van der Waals surface area contributed by atoms with E-state index in [0.717, 1.165) is 23.2 Å². The molecule has 3 rings (SSSR count). The van der Waals surface area contributed by atoms with E-state index in [9.17, 15) is 14.0 Å². The topological polar surface area (TPSA) is 50.3 Å². The maximum atomic E-state index is 14.9. The summed E-state index contributed by atoms with van der Waals surface area (Å²) < 4.78 is 14.9. The van der Waals surface area contributed by atoms with Crippen molar-refractivity contribution in [1.29, 1.82) is 0 Å². The van der Waals surface area contributed by atoms with Crippen LogP contribution < -0.4 is 4.90 Å². The molecule has 0 aliphatic carbocycles. The number of pyridine rings is 1. The van der Waals surface area contributed by atoms with Gasteiger partial charge >= 0.3 is 0 Å². The van der Waals surface area contributed by atoms with Crippen LogP contribution in [0.4, 0.5) is 10.1 Å². The smallest absolute Gasteiger partial charge is 0.226 e. The number of ketones is 1. The van der Waals surface area contributed by atoms with Crippen molar-refractivity contribution < 1.29 is 14.0 Å². The number of benzene rings is 2. The lowest BCUT2D eigenvalue weighted by Gasteiger charge is -2.22. The number of halogens is 1. The molecule has 0 saturated carbocycles. The van der Waals surface area contributed by atoms with Crippen molar-refractivity contribution in [1.82, 2.24) is 4.98 Å². The lowest BCUT2D eigenvalue weighted by molar-refractivity contribution is -0.118. The monoisotopic (exact) mass is 432 g/mol. The Morgan fingerprint density at radius 3 is 2.34 bits per heavy atom. The van der Waals surface area contributed by atoms with Crippen LogP contribution in [0.1, 0.15) is 54.7 Å². The van der Waals surface area contributed by atoms with E-state index in [1.165, 1.54) is 11.0 Å². The Labute approximate surface area is 189 Å². The van der Waals surface area contributed by atoms with Crippen molar-refractivity contribution in [2.24, 2.45) is 0 Å². The van der Waals surface area contributed by atoms with Gasteiger partial charge in [0.05, 0.1) is 5.69 Å². The first-order valence-corrected chi connectivity index (χ1v) is 11.1. The second-order valence-electron chi connectivity index (χ2n) is 7.81. The first-order valence-electron chi connectivity index (χ1n) is 11.1. The fraction of sp³-hybridized carbons (Fsp3) is 0.296. The van der Waals surface area contributed by atoms with Gasteiger partial charge in [-0.15, -0.1) is 0 Å². The Hall–Kier alpha value is -3.34. The molecule has 1 heterocycles. The number of amides is 1. The number of carbonyl (C=O) groups excluding carboxylic acids is 2. The summed E-state index contributed by atoms with van der Waals surface area (Å²) in [5.41, 5.74) is 4.48. The number of hydrogen-bond donors (Lipinski definition) is 0. The molecule has 0 fully saturated rings. The number of hydrogen-bond acceptors (Lipinski definition) is 3. The van der Waals surface area contributed by atoms with Crippen LogP contribution >= 0.6 is 0 Å². The lowest BCUT2D eigenvalue weighted by Crippen LogP contribution is -2.31. The summed E-state index contributed by atoms with van der Waals surface area (Å²) >= 11 is 0. The minimum absolute atomic E-state index is 0.0645. The minimum atomic E-state index is -0.426. The maximum absolute atomic E-state index is 14.9. The predicted molar refractivity (Wildman–Crippen MR) is 126 cm³/mol. The quantitative estimate of drug-likeness (QED) is 0.380. The van der Waals surface area contributed by atoms with Crippen LogP contribution in [-0.2, 0) is 11.2 Å². The van der Waals surface area contributed by atoms with Gasteiger partial charge < -0.3 is 4.90 Å². The molecule has 0 bridgehead atoms.